The number of nitrogens with zero attached hydrogens (tertiary/aromatic N) is 4. The fourth-order valence-corrected chi connectivity index (χ4v) is 6.47. The van der Waals surface area contributed by atoms with E-state index in [-0.39, 0.29) is 5.91 Å². The topological polar surface area (TPSA) is 104 Å². The van der Waals surface area contributed by atoms with Gasteiger partial charge in [-0.15, -0.1) is 11.3 Å². The number of rotatable bonds is 6. The van der Waals surface area contributed by atoms with E-state index in [9.17, 15) is 9.00 Å². The zero-order chi connectivity index (χ0) is 26.8. The molecule has 0 spiro atoms. The van der Waals surface area contributed by atoms with Crippen molar-refractivity contribution in [3.8, 4) is 10.4 Å². The maximum atomic E-state index is 13.2. The van der Waals surface area contributed by atoms with Gasteiger partial charge in [-0.05, 0) is 52.0 Å². The van der Waals surface area contributed by atoms with Crippen molar-refractivity contribution in [1.82, 2.24) is 14.3 Å². The average Bonchev–Trinajstić information content (AvgIpc) is 3.53. The first-order chi connectivity index (χ1) is 19.0. The second-order valence-electron chi connectivity index (χ2n) is 9.18. The number of thiophene rings is 1. The van der Waals surface area contributed by atoms with E-state index in [2.05, 4.69) is 21.4 Å². The minimum absolute atomic E-state index is 0.327. The molecule has 0 radical (unpaired) electrons. The summed E-state index contributed by atoms with van der Waals surface area (Å²) in [7, 11) is -1.24. The maximum absolute atomic E-state index is 13.2. The maximum Gasteiger partial charge on any atom is 0.258 e. The smallest absolute Gasteiger partial charge is 0.258 e. The number of anilines is 3. The lowest BCUT2D eigenvalue weighted by Gasteiger charge is -2.33. The molecule has 0 aliphatic carbocycles. The van der Waals surface area contributed by atoms with Crippen LogP contribution in [0, 0.1) is 0 Å². The average molecular weight is 555 g/mol. The molecule has 1 atom stereocenters. The summed E-state index contributed by atoms with van der Waals surface area (Å²) in [4.78, 5) is 25.7. The number of nitrogens with one attached hydrogen (secondary N) is 1. The van der Waals surface area contributed by atoms with Crippen molar-refractivity contribution in [1.29, 1.82) is 0 Å². The molecule has 8 nitrogen and oxygen atoms in total. The monoisotopic (exact) mass is 554 g/mol. The molecule has 1 saturated heterocycles. The van der Waals surface area contributed by atoms with Crippen molar-refractivity contribution in [2.24, 2.45) is 0 Å². The second kappa shape index (κ2) is 10.9. The number of amides is 1. The third-order valence-corrected chi connectivity index (χ3v) is 9.10. The largest absolute Gasteiger partial charge is 0.397 e. The predicted molar refractivity (Wildman–Crippen MR) is 158 cm³/mol. The quantitative estimate of drug-likeness (QED) is 0.285. The lowest BCUT2D eigenvalue weighted by molar-refractivity contribution is 0.102. The number of benzene rings is 3. The van der Waals surface area contributed by atoms with Crippen LogP contribution in [-0.4, -0.2) is 50.6 Å². The standard InChI is InChI=1S/C29H26N6O2S2/c30-25-10-8-22(27-6-3-15-38-27)17-26(25)33-28(36)23-18-31-29(32-19-23)34-11-13-35(14-12-34)39(37)24-9-7-20-4-1-2-5-21(20)16-24/h1-10,15-19H,11-14,30H2,(H,33,36). The van der Waals surface area contributed by atoms with Gasteiger partial charge < -0.3 is 16.0 Å². The molecule has 3 heterocycles. The normalized spacial score (nSPS) is 14.8. The molecule has 1 fully saturated rings. The van der Waals surface area contributed by atoms with Crippen LogP contribution >= 0.6 is 11.3 Å². The highest BCUT2D eigenvalue weighted by molar-refractivity contribution is 7.82. The third-order valence-electron chi connectivity index (χ3n) is 6.69. The Morgan fingerprint density at radius 3 is 2.41 bits per heavy atom. The summed E-state index contributed by atoms with van der Waals surface area (Å²) in [6, 6.07) is 23.6. The van der Waals surface area contributed by atoms with Gasteiger partial charge in [-0.25, -0.2) is 18.5 Å². The molecule has 1 unspecified atom stereocenters. The first kappa shape index (κ1) is 25.2. The summed E-state index contributed by atoms with van der Waals surface area (Å²) >= 11 is 1.62. The van der Waals surface area contributed by atoms with Crippen molar-refractivity contribution in [3.05, 3.63) is 96.1 Å². The van der Waals surface area contributed by atoms with Crippen molar-refractivity contribution in [3.63, 3.8) is 0 Å². The molecule has 5 aromatic rings. The number of piperazine rings is 1. The van der Waals surface area contributed by atoms with Gasteiger partial charge in [0.15, 0.2) is 0 Å². The van der Waals surface area contributed by atoms with Crippen molar-refractivity contribution in [2.75, 3.05) is 42.1 Å². The summed E-state index contributed by atoms with van der Waals surface area (Å²) in [6.45, 7) is 2.50. The van der Waals surface area contributed by atoms with Crippen molar-refractivity contribution in [2.45, 2.75) is 4.90 Å². The number of aromatic nitrogens is 2. The lowest BCUT2D eigenvalue weighted by Crippen LogP contribution is -2.47. The number of fused-ring (bicyclic) bond motifs is 1. The Hall–Kier alpha value is -4.12. The van der Waals surface area contributed by atoms with Crippen LogP contribution in [0.4, 0.5) is 17.3 Å². The molecule has 196 valence electrons. The Labute approximate surface area is 232 Å². The molecule has 2 aromatic heterocycles. The summed E-state index contributed by atoms with van der Waals surface area (Å²) in [5.41, 5.74) is 8.47. The van der Waals surface area contributed by atoms with Gasteiger partial charge in [0, 0.05) is 43.4 Å². The van der Waals surface area contributed by atoms with Crippen LogP contribution in [0.15, 0.2) is 95.5 Å². The van der Waals surface area contributed by atoms with Crippen LogP contribution in [0.3, 0.4) is 0 Å². The number of hydrogen-bond donors (Lipinski definition) is 2. The zero-order valence-electron chi connectivity index (χ0n) is 21.0. The molecule has 10 heteroatoms. The van der Waals surface area contributed by atoms with E-state index in [0.29, 0.717) is 49.1 Å². The van der Waals surface area contributed by atoms with Gasteiger partial charge in [0.2, 0.25) is 5.95 Å². The third kappa shape index (κ3) is 5.40. The van der Waals surface area contributed by atoms with Crippen molar-refractivity contribution >= 4 is 56.3 Å². The number of nitrogens with two attached hydrogens (primary N) is 1. The number of nitrogen functional groups attached to an aromatic ring is 1. The van der Waals surface area contributed by atoms with Gasteiger partial charge in [0.05, 0.1) is 21.8 Å². The molecule has 0 saturated carbocycles. The van der Waals surface area contributed by atoms with E-state index in [1.807, 2.05) is 75.2 Å². The first-order valence-electron chi connectivity index (χ1n) is 12.5. The Bertz CT molecular complexity index is 1650. The summed E-state index contributed by atoms with van der Waals surface area (Å²) in [6.07, 6.45) is 3.05. The Morgan fingerprint density at radius 1 is 0.897 bits per heavy atom. The molecular formula is C29H26N6O2S2. The molecule has 1 aliphatic heterocycles. The van der Waals surface area contributed by atoms with Gasteiger partial charge in [0.25, 0.3) is 5.91 Å². The van der Waals surface area contributed by atoms with Gasteiger partial charge in [-0.2, -0.15) is 0 Å². The number of hydrogen-bond acceptors (Lipinski definition) is 7. The molecule has 0 bridgehead atoms. The van der Waals surface area contributed by atoms with Gasteiger partial charge >= 0.3 is 0 Å². The summed E-state index contributed by atoms with van der Waals surface area (Å²) in [5.74, 6) is 0.217. The molecule has 1 aliphatic rings. The SMILES string of the molecule is Nc1ccc(-c2cccs2)cc1NC(=O)c1cnc(N2CCN(S(=O)c3ccc4ccccc4c3)CC2)nc1. The molecule has 3 aromatic carbocycles. The molecule has 3 N–H and O–H groups in total. The zero-order valence-corrected chi connectivity index (χ0v) is 22.6. The highest BCUT2D eigenvalue weighted by Gasteiger charge is 2.24. The Balaban J connectivity index is 1.08. The van der Waals surface area contributed by atoms with E-state index in [4.69, 9.17) is 5.73 Å². The van der Waals surface area contributed by atoms with Gasteiger partial charge in [-0.3, -0.25) is 4.79 Å². The molecular weight excluding hydrogens is 528 g/mol. The summed E-state index contributed by atoms with van der Waals surface area (Å²) in [5, 5.41) is 7.10. The van der Waals surface area contributed by atoms with E-state index in [0.717, 1.165) is 26.1 Å². The van der Waals surface area contributed by atoms with Crippen LogP contribution < -0.4 is 16.0 Å². The Morgan fingerprint density at radius 2 is 1.67 bits per heavy atom. The predicted octanol–water partition coefficient (Wildman–Crippen LogP) is 5.04. The molecule has 6 rings (SSSR count). The van der Waals surface area contributed by atoms with E-state index in [1.165, 1.54) is 12.4 Å². The highest BCUT2D eigenvalue weighted by Crippen LogP contribution is 2.30. The first-order valence-corrected chi connectivity index (χ1v) is 14.5. The van der Waals surface area contributed by atoms with E-state index < -0.39 is 11.0 Å². The fraction of sp³-hybridized carbons (Fsp3) is 0.138. The fourth-order valence-electron chi connectivity index (χ4n) is 4.54. The van der Waals surface area contributed by atoms with E-state index >= 15 is 0 Å². The minimum atomic E-state index is -1.24. The molecule has 39 heavy (non-hydrogen) atoms. The molecule has 1 amide bonds. The number of carbonyl (C=O) groups excluding carboxylic acids is 1. The van der Waals surface area contributed by atoms with Crippen LogP contribution in [-0.2, 0) is 11.0 Å². The van der Waals surface area contributed by atoms with Crippen molar-refractivity contribution < 1.29 is 9.00 Å². The highest BCUT2D eigenvalue weighted by atomic mass is 32.2. The van der Waals surface area contributed by atoms with Crippen LogP contribution in [0.25, 0.3) is 21.2 Å². The second-order valence-corrected chi connectivity index (χ2v) is 11.6. The summed E-state index contributed by atoms with van der Waals surface area (Å²) < 4.78 is 15.2. The number of carbonyl (C=O) groups is 1. The van der Waals surface area contributed by atoms with Crippen LogP contribution in [0.2, 0.25) is 0 Å². The van der Waals surface area contributed by atoms with Gasteiger partial charge in [-0.1, -0.05) is 42.5 Å². The van der Waals surface area contributed by atoms with Gasteiger partial charge in [0.1, 0.15) is 11.0 Å². The lowest BCUT2D eigenvalue weighted by atomic mass is 10.1. The van der Waals surface area contributed by atoms with E-state index in [1.54, 1.807) is 17.4 Å². The Kier molecular flexibility index (Phi) is 7.06. The minimum Gasteiger partial charge on any atom is -0.397 e. The van der Waals surface area contributed by atoms with Crippen LogP contribution in [0.5, 0.6) is 0 Å². The van der Waals surface area contributed by atoms with Crippen LogP contribution in [0.1, 0.15) is 10.4 Å².